The molecule has 0 saturated heterocycles. The first kappa shape index (κ1) is 22.0. The number of nitrogens with one attached hydrogen (secondary N) is 2. The van der Waals surface area contributed by atoms with Crippen molar-refractivity contribution in [2.45, 2.75) is 5.75 Å². The van der Waals surface area contributed by atoms with Crippen LogP contribution >= 0.6 is 11.8 Å². The second kappa shape index (κ2) is 11.5. The zero-order valence-corrected chi connectivity index (χ0v) is 17.6. The first-order chi connectivity index (χ1) is 15.1. The lowest BCUT2D eigenvalue weighted by molar-refractivity contribution is 0.256. The summed E-state index contributed by atoms with van der Waals surface area (Å²) in [6.07, 6.45) is 1.58. The van der Waals surface area contributed by atoms with Gasteiger partial charge in [0.05, 0.1) is 13.3 Å². The molecule has 0 bridgehead atoms. The number of methoxy groups -OCH3 is 1. The molecule has 31 heavy (non-hydrogen) atoms. The van der Waals surface area contributed by atoms with Crippen LogP contribution in [0.5, 0.6) is 5.75 Å². The molecule has 0 aliphatic rings. The average Bonchev–Trinajstić information content (AvgIpc) is 2.79. The monoisotopic (exact) mass is 436 g/mol. The summed E-state index contributed by atoms with van der Waals surface area (Å²) in [5.41, 5.74) is 2.38. The number of amidine groups is 1. The van der Waals surface area contributed by atoms with E-state index in [-0.39, 0.29) is 5.82 Å². The average molecular weight is 437 g/mol. The smallest absolute Gasteiger partial charge is 0.325 e. The van der Waals surface area contributed by atoms with Gasteiger partial charge in [0.1, 0.15) is 11.6 Å². The number of para-hydroxylation sites is 1. The van der Waals surface area contributed by atoms with E-state index in [1.165, 1.54) is 23.9 Å². The van der Waals surface area contributed by atoms with E-state index in [2.05, 4.69) is 20.8 Å². The lowest BCUT2D eigenvalue weighted by Crippen LogP contribution is -2.32. The number of carbonyl (C=O) groups excluding carboxylic acids is 1. The van der Waals surface area contributed by atoms with Crippen molar-refractivity contribution >= 4 is 34.9 Å². The highest BCUT2D eigenvalue weighted by molar-refractivity contribution is 8.13. The molecule has 158 valence electrons. The molecule has 0 spiro atoms. The number of thioether (sulfide) groups is 1. The molecule has 0 aliphatic carbocycles. The third kappa shape index (κ3) is 7.60. The van der Waals surface area contributed by atoms with Crippen molar-refractivity contribution in [1.29, 1.82) is 0 Å². The van der Waals surface area contributed by atoms with E-state index in [4.69, 9.17) is 4.74 Å². The van der Waals surface area contributed by atoms with Crippen molar-refractivity contribution in [3.8, 4) is 5.75 Å². The SMILES string of the molecule is COc1ccc(/C=N/N=C(NC(=O)Nc2ccccc2)SCc2ccc(F)cc2)cc1. The molecule has 3 rings (SSSR count). The first-order valence-corrected chi connectivity index (χ1v) is 10.4. The molecule has 0 aliphatic heterocycles. The number of anilines is 1. The minimum absolute atomic E-state index is 0.299. The van der Waals surface area contributed by atoms with Crippen LogP contribution in [0.25, 0.3) is 0 Å². The molecule has 3 aromatic rings. The molecule has 0 aromatic heterocycles. The number of hydrogen-bond acceptors (Lipinski definition) is 5. The molecule has 0 saturated carbocycles. The van der Waals surface area contributed by atoms with Crippen molar-refractivity contribution in [2.75, 3.05) is 12.4 Å². The second-order valence-corrected chi connectivity index (χ2v) is 7.25. The largest absolute Gasteiger partial charge is 0.497 e. The van der Waals surface area contributed by atoms with Crippen LogP contribution < -0.4 is 15.4 Å². The van der Waals surface area contributed by atoms with Crippen LogP contribution in [0.2, 0.25) is 0 Å². The van der Waals surface area contributed by atoms with E-state index in [0.29, 0.717) is 16.6 Å². The highest BCUT2D eigenvalue weighted by Crippen LogP contribution is 2.15. The highest BCUT2D eigenvalue weighted by atomic mass is 32.2. The number of halogens is 1. The molecule has 6 nitrogen and oxygen atoms in total. The van der Waals surface area contributed by atoms with Crippen molar-refractivity contribution in [1.82, 2.24) is 5.32 Å². The zero-order chi connectivity index (χ0) is 21.9. The quantitative estimate of drug-likeness (QED) is 0.314. The van der Waals surface area contributed by atoms with Crippen LogP contribution in [0.1, 0.15) is 11.1 Å². The number of urea groups is 1. The Morgan fingerprint density at radius 3 is 2.42 bits per heavy atom. The summed E-state index contributed by atoms with van der Waals surface area (Å²) in [4.78, 5) is 12.4. The van der Waals surface area contributed by atoms with Crippen LogP contribution in [0.15, 0.2) is 89.1 Å². The molecule has 0 radical (unpaired) electrons. The van der Waals surface area contributed by atoms with Gasteiger partial charge >= 0.3 is 6.03 Å². The number of rotatable bonds is 6. The van der Waals surface area contributed by atoms with Gasteiger partial charge in [0.15, 0.2) is 5.17 Å². The number of carbonyl (C=O) groups is 1. The normalized spacial score (nSPS) is 11.4. The second-order valence-electron chi connectivity index (χ2n) is 6.28. The van der Waals surface area contributed by atoms with Gasteiger partial charge in [0.2, 0.25) is 0 Å². The van der Waals surface area contributed by atoms with Gasteiger partial charge in [0, 0.05) is 11.4 Å². The minimum atomic E-state index is -0.434. The lowest BCUT2D eigenvalue weighted by Gasteiger charge is -2.09. The number of hydrogen-bond donors (Lipinski definition) is 2. The number of ether oxygens (including phenoxy) is 1. The molecule has 0 atom stereocenters. The molecule has 0 heterocycles. The van der Waals surface area contributed by atoms with Crippen molar-refractivity contribution in [3.63, 3.8) is 0 Å². The Hall–Kier alpha value is -3.65. The topological polar surface area (TPSA) is 75.1 Å². The fraction of sp³-hybridized carbons (Fsp3) is 0.0870. The summed E-state index contributed by atoms with van der Waals surface area (Å²) in [5.74, 6) is 0.936. The lowest BCUT2D eigenvalue weighted by atomic mass is 10.2. The Morgan fingerprint density at radius 1 is 1.03 bits per heavy atom. The summed E-state index contributed by atoms with van der Waals surface area (Å²) in [7, 11) is 1.60. The molecular weight excluding hydrogens is 415 g/mol. The summed E-state index contributed by atoms with van der Waals surface area (Å²) in [6, 6.07) is 22.1. The Balaban J connectivity index is 1.68. The highest BCUT2D eigenvalue weighted by Gasteiger charge is 2.08. The van der Waals surface area contributed by atoms with E-state index in [1.807, 2.05) is 42.5 Å². The van der Waals surface area contributed by atoms with Gasteiger partial charge in [0.25, 0.3) is 0 Å². The summed E-state index contributed by atoms with van der Waals surface area (Å²) < 4.78 is 18.2. The predicted molar refractivity (Wildman–Crippen MR) is 124 cm³/mol. The fourth-order valence-corrected chi connectivity index (χ4v) is 3.21. The van der Waals surface area contributed by atoms with Crippen molar-refractivity contribution in [2.24, 2.45) is 10.2 Å². The molecule has 0 unspecified atom stereocenters. The van der Waals surface area contributed by atoms with E-state index in [0.717, 1.165) is 16.9 Å². The van der Waals surface area contributed by atoms with Gasteiger partial charge in [-0.15, -0.1) is 5.10 Å². The fourth-order valence-electron chi connectivity index (χ4n) is 2.44. The summed E-state index contributed by atoms with van der Waals surface area (Å²) in [5, 5.41) is 14.0. The van der Waals surface area contributed by atoms with E-state index in [1.54, 1.807) is 37.6 Å². The van der Waals surface area contributed by atoms with Crippen molar-refractivity contribution in [3.05, 3.63) is 95.8 Å². The third-order valence-electron chi connectivity index (χ3n) is 4.01. The number of nitrogens with zero attached hydrogens (tertiary/aromatic N) is 2. The van der Waals surface area contributed by atoms with Crippen LogP contribution in [-0.4, -0.2) is 24.5 Å². The predicted octanol–water partition coefficient (Wildman–Crippen LogP) is 5.28. The van der Waals surface area contributed by atoms with Crippen LogP contribution in [0, 0.1) is 5.82 Å². The van der Waals surface area contributed by atoms with E-state index in [9.17, 15) is 9.18 Å². The number of benzene rings is 3. The maximum Gasteiger partial charge on any atom is 0.325 e. The Bertz CT molecular complexity index is 1040. The molecule has 0 fully saturated rings. The van der Waals surface area contributed by atoms with Crippen LogP contribution in [0.3, 0.4) is 0 Å². The van der Waals surface area contributed by atoms with Gasteiger partial charge < -0.3 is 10.1 Å². The first-order valence-electron chi connectivity index (χ1n) is 9.38. The van der Waals surface area contributed by atoms with E-state index < -0.39 is 6.03 Å². The van der Waals surface area contributed by atoms with Crippen LogP contribution in [-0.2, 0) is 5.75 Å². The third-order valence-corrected chi connectivity index (χ3v) is 4.95. The Morgan fingerprint density at radius 2 is 1.74 bits per heavy atom. The Labute approximate surface area is 184 Å². The number of amides is 2. The van der Waals surface area contributed by atoms with Gasteiger partial charge in [-0.1, -0.05) is 42.1 Å². The van der Waals surface area contributed by atoms with Gasteiger partial charge in [-0.05, 0) is 59.7 Å². The van der Waals surface area contributed by atoms with Crippen LogP contribution in [0.4, 0.5) is 14.9 Å². The maximum absolute atomic E-state index is 13.1. The Kier molecular flexibility index (Phi) is 8.19. The maximum atomic E-state index is 13.1. The van der Waals surface area contributed by atoms with Gasteiger partial charge in [-0.25, -0.2) is 9.18 Å². The summed E-state index contributed by atoms with van der Waals surface area (Å²) >= 11 is 1.28. The standard InChI is InChI=1S/C23H21FN4O2S/c1-30-21-13-9-17(10-14-21)15-25-28-23(31-16-18-7-11-19(24)12-8-18)27-22(29)26-20-5-3-2-4-6-20/h2-15H,16H2,1H3,(H2,26,27,28,29)/b25-15+. The van der Waals surface area contributed by atoms with E-state index >= 15 is 0 Å². The van der Waals surface area contributed by atoms with Gasteiger partial charge in [-0.2, -0.15) is 5.10 Å². The summed E-state index contributed by atoms with van der Waals surface area (Å²) in [6.45, 7) is 0. The van der Waals surface area contributed by atoms with Gasteiger partial charge in [-0.3, -0.25) is 5.32 Å². The molecule has 2 amide bonds. The minimum Gasteiger partial charge on any atom is -0.497 e. The van der Waals surface area contributed by atoms with Crippen molar-refractivity contribution < 1.29 is 13.9 Å². The molecule has 3 aromatic carbocycles. The molecule has 2 N–H and O–H groups in total. The molecule has 8 heteroatoms. The zero-order valence-electron chi connectivity index (χ0n) is 16.8. The molecular formula is C23H21FN4O2S.